The number of amides is 1. The third kappa shape index (κ3) is 8.73. The number of benzene rings is 2. The van der Waals surface area contributed by atoms with Gasteiger partial charge in [-0.1, -0.05) is 61.9 Å². The molecule has 0 saturated carbocycles. The van der Waals surface area contributed by atoms with E-state index < -0.39 is 6.67 Å². The van der Waals surface area contributed by atoms with E-state index in [0.717, 1.165) is 42.4 Å². The summed E-state index contributed by atoms with van der Waals surface area (Å²) >= 11 is 0. The number of unbranched alkanes of at least 4 members (excludes halogenated alkanes) is 3. The Hall–Kier alpha value is -4.20. The molecule has 38 heavy (non-hydrogen) atoms. The minimum Gasteiger partial charge on any atom is -0.322 e. The van der Waals surface area contributed by atoms with Crippen molar-refractivity contribution in [1.82, 2.24) is 5.01 Å². The van der Waals surface area contributed by atoms with E-state index in [1.807, 2.05) is 24.5 Å². The molecule has 0 unspecified atom stereocenters. The number of nitrogens with zero attached hydrogens (tertiary/aromatic N) is 4. The Bertz CT molecular complexity index is 1250. The molecule has 0 fully saturated rings. The zero-order valence-corrected chi connectivity index (χ0v) is 21.6. The summed E-state index contributed by atoms with van der Waals surface area (Å²) in [6, 6.07) is 11.1. The largest absolute Gasteiger partial charge is 0.322 e. The highest BCUT2D eigenvalue weighted by atomic mass is 19.1. The van der Waals surface area contributed by atoms with E-state index >= 15 is 0 Å². The highest BCUT2D eigenvalue weighted by Gasteiger charge is 2.16. The molecule has 0 aromatic heterocycles. The SMILES string of the molecule is C=C/C=C(\C=C/CF)CN1C=C(c2ccc(C(=O)Nc3ccc(F)cc3)c(N=CCCCCC)c2)CN=N1. The van der Waals surface area contributed by atoms with Gasteiger partial charge >= 0.3 is 0 Å². The summed E-state index contributed by atoms with van der Waals surface area (Å²) in [4.78, 5) is 17.7. The van der Waals surface area contributed by atoms with E-state index in [1.165, 1.54) is 30.3 Å². The van der Waals surface area contributed by atoms with Crippen molar-refractivity contribution in [3.63, 3.8) is 0 Å². The number of rotatable bonds is 13. The van der Waals surface area contributed by atoms with Gasteiger partial charge in [-0.2, -0.15) is 5.11 Å². The second-order valence-electron chi connectivity index (χ2n) is 8.68. The van der Waals surface area contributed by atoms with E-state index in [9.17, 15) is 13.6 Å². The molecule has 1 N–H and O–H groups in total. The first-order valence-electron chi connectivity index (χ1n) is 12.7. The third-order valence-electron chi connectivity index (χ3n) is 5.70. The summed E-state index contributed by atoms with van der Waals surface area (Å²) in [5, 5.41) is 12.9. The first-order chi connectivity index (χ1) is 18.5. The zero-order chi connectivity index (χ0) is 27.2. The van der Waals surface area contributed by atoms with Crippen LogP contribution in [0.1, 0.15) is 48.5 Å². The fraction of sp³-hybridized carbons (Fsp3) is 0.267. The molecule has 6 nitrogen and oxygen atoms in total. The first kappa shape index (κ1) is 28.4. The lowest BCUT2D eigenvalue weighted by atomic mass is 10.0. The maximum Gasteiger partial charge on any atom is 0.257 e. The summed E-state index contributed by atoms with van der Waals surface area (Å²) < 4.78 is 25.9. The Morgan fingerprint density at radius 2 is 2.03 bits per heavy atom. The van der Waals surface area contributed by atoms with Crippen molar-refractivity contribution in [2.75, 3.05) is 25.1 Å². The van der Waals surface area contributed by atoms with Crippen LogP contribution in [0.15, 0.2) is 100 Å². The maximum atomic E-state index is 13.3. The monoisotopic (exact) mass is 517 g/mol. The number of anilines is 1. The molecular weight excluding hydrogens is 484 g/mol. The third-order valence-corrected chi connectivity index (χ3v) is 5.70. The molecule has 0 bridgehead atoms. The average molecular weight is 518 g/mol. The van der Waals surface area contributed by atoms with E-state index in [4.69, 9.17) is 0 Å². The van der Waals surface area contributed by atoms with Crippen LogP contribution in [0.2, 0.25) is 0 Å². The normalized spacial score (nSPS) is 13.8. The summed E-state index contributed by atoms with van der Waals surface area (Å²) in [6.07, 6.45) is 14.3. The van der Waals surface area contributed by atoms with Crippen molar-refractivity contribution in [2.24, 2.45) is 15.3 Å². The summed E-state index contributed by atoms with van der Waals surface area (Å²) in [5.41, 5.74) is 4.04. The lowest BCUT2D eigenvalue weighted by Crippen LogP contribution is -2.17. The Morgan fingerprint density at radius 3 is 2.76 bits per heavy atom. The van der Waals surface area contributed by atoms with Crippen LogP contribution in [0, 0.1) is 5.82 Å². The van der Waals surface area contributed by atoms with Crippen molar-refractivity contribution < 1.29 is 13.6 Å². The Morgan fingerprint density at radius 1 is 1.21 bits per heavy atom. The molecule has 198 valence electrons. The quantitative estimate of drug-likeness (QED) is 0.166. The molecular formula is C30H33F2N5O. The number of nitrogens with one attached hydrogen (secondary N) is 1. The second kappa shape index (κ2) is 15.1. The highest BCUT2D eigenvalue weighted by Crippen LogP contribution is 2.28. The summed E-state index contributed by atoms with van der Waals surface area (Å²) in [6.45, 7) is 6.07. The predicted molar refractivity (Wildman–Crippen MR) is 151 cm³/mol. The van der Waals surface area contributed by atoms with Gasteiger partial charge in [-0.05, 0) is 60.4 Å². The Labute approximate surface area is 222 Å². The smallest absolute Gasteiger partial charge is 0.257 e. The van der Waals surface area contributed by atoms with Gasteiger partial charge in [-0.3, -0.25) is 9.79 Å². The summed E-state index contributed by atoms with van der Waals surface area (Å²) in [5.74, 6) is -0.705. The number of alkyl halides is 1. The molecule has 0 aliphatic carbocycles. The van der Waals surface area contributed by atoms with Gasteiger partial charge in [0.2, 0.25) is 0 Å². The maximum absolute atomic E-state index is 13.3. The van der Waals surface area contributed by atoms with Crippen LogP contribution in [0.4, 0.5) is 20.2 Å². The van der Waals surface area contributed by atoms with E-state index in [-0.39, 0.29) is 11.7 Å². The molecule has 2 aromatic rings. The van der Waals surface area contributed by atoms with Crippen LogP contribution in [-0.2, 0) is 0 Å². The molecule has 0 saturated heterocycles. The summed E-state index contributed by atoms with van der Waals surface area (Å²) in [7, 11) is 0. The number of allylic oxidation sites excluding steroid dienone is 3. The van der Waals surface area contributed by atoms with Gasteiger partial charge in [0, 0.05) is 23.7 Å². The standard InChI is InChI=1S/C30H33F2N5O/c1-3-5-6-7-18-33-29-19-24(11-16-28(29)30(38)35-27-14-12-26(32)13-15-27)25-20-34-36-37(22-25)21-23(9-4-2)10-8-17-31/h4,8-16,18-19,22H,2-3,5-7,17,20-21H2,1H3,(H,35,38)/b10-8-,23-9+,33-18?. The van der Waals surface area contributed by atoms with Crippen molar-refractivity contribution in [3.8, 4) is 0 Å². The first-order valence-corrected chi connectivity index (χ1v) is 12.7. The average Bonchev–Trinajstić information content (AvgIpc) is 2.93. The number of carbonyl (C=O) groups is 1. The Kier molecular flexibility index (Phi) is 11.3. The minimum absolute atomic E-state index is 0.332. The van der Waals surface area contributed by atoms with Gasteiger partial charge < -0.3 is 5.32 Å². The lowest BCUT2D eigenvalue weighted by molar-refractivity contribution is 0.102. The van der Waals surface area contributed by atoms with Crippen LogP contribution < -0.4 is 5.32 Å². The molecule has 1 heterocycles. The fourth-order valence-corrected chi connectivity index (χ4v) is 3.78. The molecule has 8 heteroatoms. The van der Waals surface area contributed by atoms with Crippen LogP contribution in [-0.4, -0.2) is 36.9 Å². The van der Waals surface area contributed by atoms with Crippen LogP contribution >= 0.6 is 0 Å². The van der Waals surface area contributed by atoms with Gasteiger partial charge in [0.15, 0.2) is 0 Å². The van der Waals surface area contributed by atoms with E-state index in [0.29, 0.717) is 30.0 Å². The van der Waals surface area contributed by atoms with Crippen molar-refractivity contribution in [3.05, 3.63) is 102 Å². The number of halogens is 2. The van der Waals surface area contributed by atoms with E-state index in [1.54, 1.807) is 29.3 Å². The molecule has 1 amide bonds. The van der Waals surface area contributed by atoms with Gasteiger partial charge in [0.25, 0.3) is 5.91 Å². The highest BCUT2D eigenvalue weighted by molar-refractivity contribution is 6.08. The number of aliphatic imine (C=N–C) groups is 1. The Balaban J connectivity index is 1.87. The van der Waals surface area contributed by atoms with Gasteiger partial charge in [-0.25, -0.2) is 13.8 Å². The number of hydrogen-bond acceptors (Lipinski definition) is 5. The van der Waals surface area contributed by atoms with Crippen LogP contribution in [0.3, 0.4) is 0 Å². The molecule has 1 aliphatic heterocycles. The van der Waals surface area contributed by atoms with Crippen molar-refractivity contribution >= 4 is 29.1 Å². The second-order valence-corrected chi connectivity index (χ2v) is 8.68. The van der Waals surface area contributed by atoms with E-state index in [2.05, 4.69) is 34.1 Å². The van der Waals surface area contributed by atoms with Crippen LogP contribution in [0.25, 0.3) is 5.57 Å². The van der Waals surface area contributed by atoms with Gasteiger partial charge in [-0.15, -0.1) is 0 Å². The van der Waals surface area contributed by atoms with Gasteiger partial charge in [0.05, 0.1) is 24.3 Å². The molecule has 0 spiro atoms. The fourth-order valence-electron chi connectivity index (χ4n) is 3.78. The minimum atomic E-state index is -0.556. The topological polar surface area (TPSA) is 69.4 Å². The molecule has 2 aromatic carbocycles. The molecule has 1 aliphatic rings. The van der Waals surface area contributed by atoms with Gasteiger partial charge in [0.1, 0.15) is 12.5 Å². The number of carbonyl (C=O) groups excluding carboxylic acids is 1. The lowest BCUT2D eigenvalue weighted by Gasteiger charge is -2.20. The van der Waals surface area contributed by atoms with Crippen LogP contribution in [0.5, 0.6) is 0 Å². The molecule has 0 atom stereocenters. The predicted octanol–water partition coefficient (Wildman–Crippen LogP) is 8.02. The number of hydrogen-bond donors (Lipinski definition) is 1. The molecule has 3 rings (SSSR count). The molecule has 0 radical (unpaired) electrons. The van der Waals surface area contributed by atoms with Crippen molar-refractivity contribution in [2.45, 2.75) is 32.6 Å². The van der Waals surface area contributed by atoms with Crippen molar-refractivity contribution in [1.29, 1.82) is 0 Å². The zero-order valence-electron chi connectivity index (χ0n) is 21.6.